The van der Waals surface area contributed by atoms with Gasteiger partial charge in [-0.3, -0.25) is 4.90 Å². The van der Waals surface area contributed by atoms with Crippen LogP contribution in [-0.2, 0) is 6.54 Å². The van der Waals surface area contributed by atoms with Gasteiger partial charge in [0.1, 0.15) is 0 Å². The molecule has 1 aromatic rings. The van der Waals surface area contributed by atoms with Crippen LogP contribution in [0.3, 0.4) is 0 Å². The minimum absolute atomic E-state index is 0.486. The predicted molar refractivity (Wildman–Crippen MR) is 76.1 cm³/mol. The van der Waals surface area contributed by atoms with Gasteiger partial charge in [-0.1, -0.05) is 6.42 Å². The molecule has 1 unspecified atom stereocenters. The maximum Gasteiger partial charge on any atom is 0.225 e. The second-order valence-corrected chi connectivity index (χ2v) is 5.64. The van der Waals surface area contributed by atoms with Crippen molar-refractivity contribution in [3.63, 3.8) is 0 Å². The highest BCUT2D eigenvalue weighted by atomic mass is 15.3. The lowest BCUT2D eigenvalue weighted by Gasteiger charge is -2.44. The van der Waals surface area contributed by atoms with Crippen LogP contribution in [0.5, 0.6) is 0 Å². The summed E-state index contributed by atoms with van der Waals surface area (Å²) in [6.45, 7) is 7.00. The van der Waals surface area contributed by atoms with E-state index in [-0.39, 0.29) is 0 Å². The summed E-state index contributed by atoms with van der Waals surface area (Å²) in [5.41, 5.74) is 7.66. The van der Waals surface area contributed by atoms with Gasteiger partial charge < -0.3 is 10.6 Å². The number of hydrogen-bond donors (Lipinski definition) is 1. The number of piperidine rings is 1. The first-order chi connectivity index (χ1) is 9.26. The number of fused-ring (bicyclic) bond motifs is 1. The minimum atomic E-state index is 0.486. The van der Waals surface area contributed by atoms with Gasteiger partial charge in [0.15, 0.2) is 0 Å². The van der Waals surface area contributed by atoms with Gasteiger partial charge in [-0.15, -0.1) is 0 Å². The van der Waals surface area contributed by atoms with Crippen LogP contribution in [0.1, 0.15) is 30.7 Å². The lowest BCUT2D eigenvalue weighted by Crippen LogP contribution is -2.55. The lowest BCUT2D eigenvalue weighted by molar-refractivity contribution is 0.132. The maximum absolute atomic E-state index is 5.71. The van der Waals surface area contributed by atoms with E-state index >= 15 is 0 Å². The van der Waals surface area contributed by atoms with Crippen LogP contribution in [0.4, 0.5) is 5.95 Å². The highest BCUT2D eigenvalue weighted by Gasteiger charge is 2.29. The van der Waals surface area contributed by atoms with Crippen molar-refractivity contribution in [2.45, 2.75) is 38.8 Å². The van der Waals surface area contributed by atoms with Crippen molar-refractivity contribution in [3.05, 3.63) is 17.5 Å². The Bertz CT molecular complexity index is 447. The molecule has 0 amide bonds. The number of rotatable bonds is 2. The largest absolute Gasteiger partial charge is 0.338 e. The predicted octanol–water partition coefficient (Wildman–Crippen LogP) is 0.918. The number of anilines is 1. The summed E-state index contributed by atoms with van der Waals surface area (Å²) in [5, 5.41) is 0. The fraction of sp³-hybridized carbons (Fsp3) is 0.714. The average Bonchev–Trinajstić information content (AvgIpc) is 2.46. The van der Waals surface area contributed by atoms with Gasteiger partial charge in [0.05, 0.1) is 5.69 Å². The molecule has 0 aromatic carbocycles. The Labute approximate surface area is 114 Å². The molecule has 2 N–H and O–H groups in total. The van der Waals surface area contributed by atoms with Gasteiger partial charge in [-0.05, 0) is 32.4 Å². The number of hydrogen-bond acceptors (Lipinski definition) is 5. The molecule has 5 heteroatoms. The Morgan fingerprint density at radius 2 is 2.16 bits per heavy atom. The average molecular weight is 261 g/mol. The molecule has 0 saturated carbocycles. The van der Waals surface area contributed by atoms with E-state index in [9.17, 15) is 0 Å². The van der Waals surface area contributed by atoms with E-state index in [0.29, 0.717) is 12.6 Å². The van der Waals surface area contributed by atoms with Gasteiger partial charge in [-0.25, -0.2) is 9.97 Å². The van der Waals surface area contributed by atoms with E-state index in [1.54, 1.807) is 0 Å². The van der Waals surface area contributed by atoms with Crippen molar-refractivity contribution in [1.29, 1.82) is 0 Å². The molecule has 0 bridgehead atoms. The molecular formula is C14H23N5. The van der Waals surface area contributed by atoms with Gasteiger partial charge in [-0.2, -0.15) is 0 Å². The Balaban J connectivity index is 1.77. The van der Waals surface area contributed by atoms with E-state index < -0.39 is 0 Å². The highest BCUT2D eigenvalue weighted by molar-refractivity contribution is 5.33. The van der Waals surface area contributed by atoms with E-state index in [4.69, 9.17) is 5.73 Å². The third kappa shape index (κ3) is 2.72. The fourth-order valence-electron chi connectivity index (χ4n) is 3.20. The molecule has 1 atom stereocenters. The Kier molecular flexibility index (Phi) is 3.66. The van der Waals surface area contributed by atoms with Crippen molar-refractivity contribution in [1.82, 2.24) is 14.9 Å². The van der Waals surface area contributed by atoms with Gasteiger partial charge in [0.2, 0.25) is 5.95 Å². The summed E-state index contributed by atoms with van der Waals surface area (Å²) in [7, 11) is 0. The second kappa shape index (κ2) is 5.43. The molecule has 2 saturated heterocycles. The Morgan fingerprint density at radius 3 is 3.00 bits per heavy atom. The molecule has 0 radical (unpaired) electrons. The van der Waals surface area contributed by atoms with Crippen molar-refractivity contribution >= 4 is 5.95 Å². The Morgan fingerprint density at radius 1 is 1.26 bits per heavy atom. The molecule has 0 aliphatic carbocycles. The minimum Gasteiger partial charge on any atom is -0.338 e. The zero-order chi connectivity index (χ0) is 13.2. The van der Waals surface area contributed by atoms with Crippen LogP contribution in [0.15, 0.2) is 6.07 Å². The van der Waals surface area contributed by atoms with Gasteiger partial charge in [0, 0.05) is 37.9 Å². The number of aryl methyl sites for hydroxylation is 1. The van der Waals surface area contributed by atoms with Crippen LogP contribution >= 0.6 is 0 Å². The van der Waals surface area contributed by atoms with E-state index in [2.05, 4.69) is 19.8 Å². The topological polar surface area (TPSA) is 58.3 Å². The smallest absolute Gasteiger partial charge is 0.225 e. The van der Waals surface area contributed by atoms with Crippen LogP contribution < -0.4 is 10.6 Å². The first-order valence-electron chi connectivity index (χ1n) is 7.30. The summed E-state index contributed by atoms with van der Waals surface area (Å²) in [5.74, 6) is 0.866. The molecule has 2 aliphatic heterocycles. The molecule has 5 nitrogen and oxygen atoms in total. The van der Waals surface area contributed by atoms with Crippen LogP contribution in [0.25, 0.3) is 0 Å². The summed E-state index contributed by atoms with van der Waals surface area (Å²) in [6.07, 6.45) is 4.03. The number of piperazine rings is 1. The second-order valence-electron chi connectivity index (χ2n) is 5.64. The number of nitrogens with two attached hydrogens (primary N) is 1. The van der Waals surface area contributed by atoms with Crippen LogP contribution in [0, 0.1) is 6.92 Å². The van der Waals surface area contributed by atoms with Crippen molar-refractivity contribution in [2.24, 2.45) is 5.73 Å². The third-order valence-electron chi connectivity index (χ3n) is 4.22. The van der Waals surface area contributed by atoms with E-state index in [0.717, 1.165) is 37.0 Å². The zero-order valence-electron chi connectivity index (χ0n) is 11.7. The fourth-order valence-corrected chi connectivity index (χ4v) is 3.20. The Hall–Kier alpha value is -1.20. The first-order valence-corrected chi connectivity index (χ1v) is 7.30. The molecule has 19 heavy (non-hydrogen) atoms. The summed E-state index contributed by atoms with van der Waals surface area (Å²) in [6, 6.07) is 2.66. The molecule has 2 fully saturated rings. The molecule has 2 aliphatic rings. The maximum atomic E-state index is 5.71. The summed E-state index contributed by atoms with van der Waals surface area (Å²) < 4.78 is 0. The molecule has 3 heterocycles. The van der Waals surface area contributed by atoms with Crippen molar-refractivity contribution in [3.8, 4) is 0 Å². The molecule has 3 rings (SSSR count). The van der Waals surface area contributed by atoms with Crippen LogP contribution in [-0.4, -0.2) is 47.1 Å². The molecule has 1 aromatic heterocycles. The summed E-state index contributed by atoms with van der Waals surface area (Å²) in [4.78, 5) is 14.1. The number of aromatic nitrogens is 2. The van der Waals surface area contributed by atoms with E-state index in [1.807, 2.05) is 13.0 Å². The lowest BCUT2D eigenvalue weighted by atomic mass is 10.00. The normalized spacial score (nSPS) is 24.3. The van der Waals surface area contributed by atoms with Crippen LogP contribution in [0.2, 0.25) is 0 Å². The van der Waals surface area contributed by atoms with Crippen molar-refractivity contribution in [2.75, 3.05) is 31.1 Å². The quantitative estimate of drug-likeness (QED) is 0.858. The summed E-state index contributed by atoms with van der Waals surface area (Å²) >= 11 is 0. The first kappa shape index (κ1) is 12.8. The van der Waals surface area contributed by atoms with E-state index in [1.165, 1.54) is 25.8 Å². The van der Waals surface area contributed by atoms with Crippen molar-refractivity contribution < 1.29 is 0 Å². The van der Waals surface area contributed by atoms with Gasteiger partial charge in [0.25, 0.3) is 0 Å². The standard InChI is InChI=1S/C14H23N5/c1-11-8-12(9-15)17-14(16-11)19-7-6-18-5-3-2-4-13(18)10-19/h8,13H,2-7,9-10,15H2,1H3. The molecular weight excluding hydrogens is 238 g/mol. The van der Waals surface area contributed by atoms with Gasteiger partial charge >= 0.3 is 0 Å². The number of nitrogens with zero attached hydrogens (tertiary/aromatic N) is 4. The highest BCUT2D eigenvalue weighted by Crippen LogP contribution is 2.23. The monoisotopic (exact) mass is 261 g/mol. The molecule has 0 spiro atoms. The SMILES string of the molecule is Cc1cc(CN)nc(N2CCN3CCCCC3C2)n1. The molecule has 104 valence electrons. The third-order valence-corrected chi connectivity index (χ3v) is 4.22. The zero-order valence-corrected chi connectivity index (χ0v) is 11.7.